The molecular formula is C12H16O2. The average molecular weight is 192 g/mol. The first-order valence-corrected chi connectivity index (χ1v) is 5.00. The van der Waals surface area contributed by atoms with Crippen molar-refractivity contribution >= 4 is 0 Å². The smallest absolute Gasteiger partial charge is 0.0713 e. The molecule has 1 aromatic carbocycles. The van der Waals surface area contributed by atoms with Gasteiger partial charge in [-0.1, -0.05) is 24.3 Å². The molecule has 0 radical (unpaired) electrons. The largest absolute Gasteiger partial charge is 0.395 e. The Hall–Kier alpha value is -0.860. The lowest BCUT2D eigenvalue weighted by Gasteiger charge is -2.13. The zero-order valence-electron chi connectivity index (χ0n) is 8.49. The topological polar surface area (TPSA) is 29.5 Å². The van der Waals surface area contributed by atoms with Crippen molar-refractivity contribution in [3.05, 3.63) is 35.4 Å². The van der Waals surface area contributed by atoms with Crippen molar-refractivity contribution in [2.75, 3.05) is 13.7 Å². The first-order valence-electron chi connectivity index (χ1n) is 5.00. The summed E-state index contributed by atoms with van der Waals surface area (Å²) in [5.74, 6) is 0. The minimum absolute atomic E-state index is 0.0732. The van der Waals surface area contributed by atoms with E-state index in [1.165, 1.54) is 11.1 Å². The maximum atomic E-state index is 9.30. The Morgan fingerprint density at radius 3 is 2.79 bits per heavy atom. The third-order valence-corrected chi connectivity index (χ3v) is 3.01. The van der Waals surface area contributed by atoms with E-state index in [1.807, 2.05) is 6.07 Å². The third-order valence-electron chi connectivity index (χ3n) is 3.01. The van der Waals surface area contributed by atoms with Gasteiger partial charge in [0.05, 0.1) is 13.2 Å². The van der Waals surface area contributed by atoms with E-state index in [-0.39, 0.29) is 12.0 Å². The standard InChI is InChI=1S/C12H16O2/c1-14-8-10-3-2-4-11(7-10)12(9-13)5-6-12/h2-4,7,13H,5-6,8-9H2,1H3. The molecule has 1 fully saturated rings. The van der Waals surface area contributed by atoms with Crippen LogP contribution in [0.4, 0.5) is 0 Å². The summed E-state index contributed by atoms with van der Waals surface area (Å²) in [7, 11) is 1.70. The average Bonchev–Trinajstić information content (AvgIpc) is 2.99. The number of aliphatic hydroxyl groups is 1. The fourth-order valence-corrected chi connectivity index (χ4v) is 1.85. The second-order valence-electron chi connectivity index (χ2n) is 4.07. The molecule has 0 heterocycles. The zero-order chi connectivity index (χ0) is 10.0. The van der Waals surface area contributed by atoms with Gasteiger partial charge in [0, 0.05) is 12.5 Å². The first kappa shape index (κ1) is 9.69. The summed E-state index contributed by atoms with van der Waals surface area (Å²) < 4.78 is 5.09. The van der Waals surface area contributed by atoms with Crippen molar-refractivity contribution in [1.82, 2.24) is 0 Å². The summed E-state index contributed by atoms with van der Waals surface area (Å²) in [6, 6.07) is 8.34. The van der Waals surface area contributed by atoms with E-state index in [1.54, 1.807) is 7.11 Å². The van der Waals surface area contributed by atoms with E-state index in [2.05, 4.69) is 18.2 Å². The molecule has 0 spiro atoms. The molecule has 0 amide bonds. The van der Waals surface area contributed by atoms with Gasteiger partial charge in [0.2, 0.25) is 0 Å². The number of aliphatic hydroxyl groups excluding tert-OH is 1. The Morgan fingerprint density at radius 2 is 2.21 bits per heavy atom. The van der Waals surface area contributed by atoms with Gasteiger partial charge in [-0.3, -0.25) is 0 Å². The fraction of sp³-hybridized carbons (Fsp3) is 0.500. The second-order valence-corrected chi connectivity index (χ2v) is 4.07. The van der Waals surface area contributed by atoms with E-state index in [4.69, 9.17) is 4.74 Å². The molecule has 0 atom stereocenters. The highest BCUT2D eigenvalue weighted by atomic mass is 16.5. The van der Waals surface area contributed by atoms with Crippen LogP contribution in [0.1, 0.15) is 24.0 Å². The molecule has 2 rings (SSSR count). The number of hydrogen-bond donors (Lipinski definition) is 1. The van der Waals surface area contributed by atoms with E-state index < -0.39 is 0 Å². The predicted octanol–water partition coefficient (Wildman–Crippen LogP) is 1.86. The number of benzene rings is 1. The van der Waals surface area contributed by atoms with Crippen molar-refractivity contribution < 1.29 is 9.84 Å². The van der Waals surface area contributed by atoms with Gasteiger partial charge in [-0.25, -0.2) is 0 Å². The van der Waals surface area contributed by atoms with Crippen LogP contribution in [0.15, 0.2) is 24.3 Å². The molecule has 2 nitrogen and oxygen atoms in total. The molecule has 0 unspecified atom stereocenters. The quantitative estimate of drug-likeness (QED) is 0.789. The summed E-state index contributed by atoms with van der Waals surface area (Å²) in [6.45, 7) is 0.915. The molecule has 1 aliphatic rings. The fourth-order valence-electron chi connectivity index (χ4n) is 1.85. The Balaban J connectivity index is 2.22. The van der Waals surface area contributed by atoms with Gasteiger partial charge >= 0.3 is 0 Å². The number of ether oxygens (including phenoxy) is 1. The van der Waals surface area contributed by atoms with E-state index >= 15 is 0 Å². The molecule has 76 valence electrons. The molecule has 0 bridgehead atoms. The van der Waals surface area contributed by atoms with Crippen molar-refractivity contribution in [2.45, 2.75) is 24.9 Å². The van der Waals surface area contributed by atoms with Crippen molar-refractivity contribution in [2.24, 2.45) is 0 Å². The van der Waals surface area contributed by atoms with Crippen molar-refractivity contribution in [3.63, 3.8) is 0 Å². The zero-order valence-corrected chi connectivity index (χ0v) is 8.49. The van der Waals surface area contributed by atoms with E-state index in [0.29, 0.717) is 6.61 Å². The van der Waals surface area contributed by atoms with Crippen LogP contribution in [0.2, 0.25) is 0 Å². The van der Waals surface area contributed by atoms with E-state index in [0.717, 1.165) is 12.8 Å². The highest BCUT2D eigenvalue weighted by Gasteiger charge is 2.43. The molecule has 0 aromatic heterocycles. The molecule has 0 saturated heterocycles. The Morgan fingerprint density at radius 1 is 1.43 bits per heavy atom. The summed E-state index contributed by atoms with van der Waals surface area (Å²) in [5.41, 5.74) is 2.52. The summed E-state index contributed by atoms with van der Waals surface area (Å²) in [4.78, 5) is 0. The normalized spacial score (nSPS) is 18.1. The molecular weight excluding hydrogens is 176 g/mol. The van der Waals surface area contributed by atoms with Crippen LogP contribution < -0.4 is 0 Å². The van der Waals surface area contributed by atoms with Crippen LogP contribution in [0.3, 0.4) is 0 Å². The maximum absolute atomic E-state index is 9.30. The van der Waals surface area contributed by atoms with Crippen LogP contribution in [-0.4, -0.2) is 18.8 Å². The highest BCUT2D eigenvalue weighted by Crippen LogP contribution is 2.47. The molecule has 2 heteroatoms. The van der Waals surface area contributed by atoms with Gasteiger partial charge in [-0.15, -0.1) is 0 Å². The lowest BCUT2D eigenvalue weighted by molar-refractivity contribution is 0.184. The van der Waals surface area contributed by atoms with Gasteiger partial charge in [0.25, 0.3) is 0 Å². The SMILES string of the molecule is COCc1cccc(C2(CO)CC2)c1. The molecule has 14 heavy (non-hydrogen) atoms. The monoisotopic (exact) mass is 192 g/mol. The van der Waals surface area contributed by atoms with Crippen LogP contribution in [0.5, 0.6) is 0 Å². The summed E-state index contributed by atoms with van der Waals surface area (Å²) >= 11 is 0. The molecule has 1 aromatic rings. The lowest BCUT2D eigenvalue weighted by Crippen LogP contribution is -2.12. The van der Waals surface area contributed by atoms with Gasteiger partial charge < -0.3 is 9.84 Å². The van der Waals surface area contributed by atoms with Gasteiger partial charge in [-0.2, -0.15) is 0 Å². The van der Waals surface area contributed by atoms with Crippen LogP contribution in [-0.2, 0) is 16.8 Å². The van der Waals surface area contributed by atoms with Crippen LogP contribution in [0, 0.1) is 0 Å². The van der Waals surface area contributed by atoms with Crippen LogP contribution in [0.25, 0.3) is 0 Å². The minimum Gasteiger partial charge on any atom is -0.395 e. The van der Waals surface area contributed by atoms with Crippen LogP contribution >= 0.6 is 0 Å². The van der Waals surface area contributed by atoms with Gasteiger partial charge in [0.15, 0.2) is 0 Å². The van der Waals surface area contributed by atoms with Gasteiger partial charge in [0.1, 0.15) is 0 Å². The maximum Gasteiger partial charge on any atom is 0.0713 e. The summed E-state index contributed by atoms with van der Waals surface area (Å²) in [5, 5.41) is 9.30. The first-order chi connectivity index (χ1) is 6.80. The Labute approximate surface area is 84.5 Å². The molecule has 1 N–H and O–H groups in total. The Kier molecular flexibility index (Phi) is 2.57. The number of methoxy groups -OCH3 is 1. The minimum atomic E-state index is 0.0732. The van der Waals surface area contributed by atoms with Crippen molar-refractivity contribution in [3.8, 4) is 0 Å². The van der Waals surface area contributed by atoms with Gasteiger partial charge in [-0.05, 0) is 24.0 Å². The molecule has 1 saturated carbocycles. The third kappa shape index (κ3) is 1.68. The van der Waals surface area contributed by atoms with E-state index in [9.17, 15) is 5.11 Å². The Bertz CT molecular complexity index is 316. The van der Waals surface area contributed by atoms with Crippen molar-refractivity contribution in [1.29, 1.82) is 0 Å². The molecule has 0 aliphatic heterocycles. The predicted molar refractivity (Wildman–Crippen MR) is 55.2 cm³/mol. The highest BCUT2D eigenvalue weighted by molar-refractivity contribution is 5.34. The number of hydrogen-bond acceptors (Lipinski definition) is 2. The lowest BCUT2D eigenvalue weighted by atomic mass is 9.95. The summed E-state index contributed by atoms with van der Waals surface area (Å²) in [6.07, 6.45) is 2.22. The number of rotatable bonds is 4. The molecule has 1 aliphatic carbocycles. The second kappa shape index (κ2) is 3.71.